The summed E-state index contributed by atoms with van der Waals surface area (Å²) >= 11 is 0. The average molecular weight is 297 g/mol. The van der Waals surface area contributed by atoms with Gasteiger partial charge in [0.05, 0.1) is 0 Å². The molecule has 0 radical (unpaired) electrons. The summed E-state index contributed by atoms with van der Waals surface area (Å²) in [4.78, 5) is 2.52. The van der Waals surface area contributed by atoms with Crippen molar-refractivity contribution in [2.24, 2.45) is 11.8 Å². The molecule has 3 saturated heterocycles. The molecular formula is C20H27NO. The minimum atomic E-state index is -0.883. The van der Waals surface area contributed by atoms with Gasteiger partial charge in [0.25, 0.3) is 0 Å². The molecule has 3 aliphatic heterocycles. The lowest BCUT2D eigenvalue weighted by molar-refractivity contribution is -0.0764. The number of hydrogen-bond acceptors (Lipinski definition) is 2. The van der Waals surface area contributed by atoms with Gasteiger partial charge in [-0.2, -0.15) is 0 Å². The van der Waals surface area contributed by atoms with Gasteiger partial charge in [0.15, 0.2) is 0 Å². The first kappa shape index (κ1) is 14.0. The molecule has 0 saturated carbocycles. The van der Waals surface area contributed by atoms with Crippen molar-refractivity contribution in [3.63, 3.8) is 0 Å². The van der Waals surface area contributed by atoms with Gasteiger partial charge in [0.1, 0.15) is 5.60 Å². The van der Waals surface area contributed by atoms with Crippen LogP contribution < -0.4 is 0 Å². The summed E-state index contributed by atoms with van der Waals surface area (Å²) in [5.74, 6) is 0.898. The minimum Gasteiger partial charge on any atom is -0.380 e. The smallest absolute Gasteiger partial charge is 0.119 e. The van der Waals surface area contributed by atoms with Crippen LogP contribution in [0.15, 0.2) is 60.7 Å². The van der Waals surface area contributed by atoms with Crippen LogP contribution >= 0.6 is 0 Å². The first-order valence-corrected chi connectivity index (χ1v) is 8.34. The van der Waals surface area contributed by atoms with Crippen LogP contribution in [0, 0.1) is 11.8 Å². The van der Waals surface area contributed by atoms with Crippen molar-refractivity contribution in [2.75, 3.05) is 19.6 Å². The zero-order chi connectivity index (χ0) is 15.0. The van der Waals surface area contributed by atoms with E-state index in [-0.39, 0.29) is 8.77 Å². The Bertz CT molecular complexity index is 587. The summed E-state index contributed by atoms with van der Waals surface area (Å²) in [6.07, 6.45) is 2.43. The Morgan fingerprint density at radius 2 is 1.36 bits per heavy atom. The van der Waals surface area contributed by atoms with Crippen LogP contribution in [0.3, 0.4) is 0 Å². The van der Waals surface area contributed by atoms with E-state index in [2.05, 4.69) is 29.2 Å². The predicted molar refractivity (Wildman–Crippen MR) is 92.8 cm³/mol. The number of aliphatic hydroxyl groups is 1. The summed E-state index contributed by atoms with van der Waals surface area (Å²) in [7, 11) is 0. The van der Waals surface area contributed by atoms with Gasteiger partial charge in [0, 0.05) is 15.3 Å². The van der Waals surface area contributed by atoms with Gasteiger partial charge in [-0.05, 0) is 43.0 Å². The lowest BCUT2D eigenvalue weighted by Gasteiger charge is -2.51. The standard InChI is InChI=1S/C20H23NO.2H2/c22-20(17-7-3-1-4-8-17,18-9-5-2-6-10-18)19-15-21-13-11-16(19)12-14-21;;/h1-10,16,19,22H,11-15H2;2*1H. The Morgan fingerprint density at radius 3 is 1.77 bits per heavy atom. The number of benzene rings is 2. The molecule has 2 aromatic carbocycles. The highest BCUT2D eigenvalue weighted by Gasteiger charge is 2.48. The lowest BCUT2D eigenvalue weighted by atomic mass is 9.65. The highest BCUT2D eigenvalue weighted by atomic mass is 16.3. The number of hydrogen-bond donors (Lipinski definition) is 1. The normalized spacial score (nSPS) is 27.8. The molecule has 2 bridgehead atoms. The number of fused-ring (bicyclic) bond motifs is 3. The van der Waals surface area contributed by atoms with Gasteiger partial charge >= 0.3 is 0 Å². The Balaban J connectivity index is 0.00000104. The molecule has 0 aromatic heterocycles. The molecule has 2 heteroatoms. The third-order valence-electron chi connectivity index (χ3n) is 5.62. The van der Waals surface area contributed by atoms with Gasteiger partial charge < -0.3 is 10.0 Å². The van der Waals surface area contributed by atoms with Crippen molar-refractivity contribution in [2.45, 2.75) is 18.4 Å². The first-order chi connectivity index (χ1) is 10.8. The maximum absolute atomic E-state index is 11.9. The fraction of sp³-hybridized carbons (Fsp3) is 0.400. The number of piperidine rings is 3. The highest BCUT2D eigenvalue weighted by molar-refractivity contribution is 5.37. The largest absolute Gasteiger partial charge is 0.380 e. The summed E-state index contributed by atoms with van der Waals surface area (Å²) in [5, 5.41) is 11.9. The molecule has 1 atom stereocenters. The van der Waals surface area contributed by atoms with Crippen LogP contribution in [-0.2, 0) is 5.60 Å². The van der Waals surface area contributed by atoms with E-state index in [0.717, 1.165) is 17.7 Å². The van der Waals surface area contributed by atoms with E-state index in [0.29, 0.717) is 5.92 Å². The highest BCUT2D eigenvalue weighted by Crippen LogP contribution is 2.46. The second-order valence-electron chi connectivity index (χ2n) is 6.74. The molecule has 5 rings (SSSR count). The molecule has 118 valence electrons. The third-order valence-corrected chi connectivity index (χ3v) is 5.62. The zero-order valence-electron chi connectivity index (χ0n) is 12.9. The second kappa shape index (κ2) is 5.53. The maximum atomic E-state index is 11.9. The van der Waals surface area contributed by atoms with Crippen LogP contribution in [0.4, 0.5) is 0 Å². The minimum absolute atomic E-state index is 0. The molecule has 22 heavy (non-hydrogen) atoms. The van der Waals surface area contributed by atoms with Crippen molar-refractivity contribution in [3.8, 4) is 0 Å². The Kier molecular flexibility index (Phi) is 3.51. The van der Waals surface area contributed by atoms with Crippen LogP contribution in [0.1, 0.15) is 26.8 Å². The van der Waals surface area contributed by atoms with Gasteiger partial charge in [-0.15, -0.1) is 0 Å². The van der Waals surface area contributed by atoms with Crippen molar-refractivity contribution >= 4 is 0 Å². The Hall–Kier alpha value is -1.64. The molecule has 2 aromatic rings. The number of rotatable bonds is 3. The molecule has 0 spiro atoms. The van der Waals surface area contributed by atoms with E-state index in [9.17, 15) is 5.11 Å². The number of nitrogens with zero attached hydrogens (tertiary/aromatic N) is 1. The summed E-state index contributed by atoms with van der Waals surface area (Å²) in [6, 6.07) is 20.5. The van der Waals surface area contributed by atoms with E-state index in [1.165, 1.54) is 25.9 Å². The molecular weight excluding hydrogens is 270 g/mol. The first-order valence-electron chi connectivity index (χ1n) is 8.34. The van der Waals surface area contributed by atoms with Crippen LogP contribution in [-0.4, -0.2) is 29.6 Å². The summed E-state index contributed by atoms with van der Waals surface area (Å²) < 4.78 is 0. The third kappa shape index (κ3) is 2.18. The van der Waals surface area contributed by atoms with Crippen LogP contribution in [0.25, 0.3) is 0 Å². The molecule has 2 nitrogen and oxygen atoms in total. The van der Waals surface area contributed by atoms with Gasteiger partial charge in [0.2, 0.25) is 0 Å². The lowest BCUT2D eigenvalue weighted by Crippen LogP contribution is -2.55. The molecule has 0 aliphatic carbocycles. The molecule has 1 N–H and O–H groups in total. The Labute approximate surface area is 135 Å². The molecule has 3 aliphatic rings. The van der Waals surface area contributed by atoms with Crippen LogP contribution in [0.5, 0.6) is 0 Å². The molecule has 1 unspecified atom stereocenters. The van der Waals surface area contributed by atoms with Crippen molar-refractivity contribution in [1.82, 2.24) is 4.90 Å². The molecule has 3 fully saturated rings. The summed E-state index contributed by atoms with van der Waals surface area (Å²) in [6.45, 7) is 3.40. The maximum Gasteiger partial charge on any atom is 0.119 e. The SMILES string of the molecule is OC(c1ccccc1)(c1ccccc1)C1CN2CCC1CC2.[HH].[HH]. The zero-order valence-corrected chi connectivity index (χ0v) is 12.9. The van der Waals surface area contributed by atoms with Crippen LogP contribution in [0.2, 0.25) is 0 Å². The molecule has 0 amide bonds. The van der Waals surface area contributed by atoms with Crippen molar-refractivity contribution < 1.29 is 7.96 Å². The van der Waals surface area contributed by atoms with E-state index >= 15 is 0 Å². The summed E-state index contributed by atoms with van der Waals surface area (Å²) in [5.41, 5.74) is 1.17. The monoisotopic (exact) mass is 297 g/mol. The Morgan fingerprint density at radius 1 is 0.864 bits per heavy atom. The van der Waals surface area contributed by atoms with Crippen molar-refractivity contribution in [3.05, 3.63) is 71.8 Å². The predicted octanol–water partition coefficient (Wildman–Crippen LogP) is 3.76. The van der Waals surface area contributed by atoms with Gasteiger partial charge in [-0.3, -0.25) is 0 Å². The topological polar surface area (TPSA) is 23.5 Å². The van der Waals surface area contributed by atoms with E-state index in [1.54, 1.807) is 0 Å². The van der Waals surface area contributed by atoms with E-state index in [1.807, 2.05) is 36.4 Å². The fourth-order valence-corrected chi connectivity index (χ4v) is 4.42. The second-order valence-corrected chi connectivity index (χ2v) is 6.74. The van der Waals surface area contributed by atoms with E-state index < -0.39 is 5.60 Å². The van der Waals surface area contributed by atoms with E-state index in [4.69, 9.17) is 0 Å². The quantitative estimate of drug-likeness (QED) is 0.932. The molecule has 3 heterocycles. The van der Waals surface area contributed by atoms with Gasteiger partial charge in [-0.25, -0.2) is 0 Å². The average Bonchev–Trinajstić information content (AvgIpc) is 2.63. The fourth-order valence-electron chi connectivity index (χ4n) is 4.42. The van der Waals surface area contributed by atoms with Gasteiger partial charge in [-0.1, -0.05) is 60.7 Å². The van der Waals surface area contributed by atoms with Crippen molar-refractivity contribution in [1.29, 1.82) is 0 Å².